The van der Waals surface area contributed by atoms with Crippen molar-refractivity contribution in [3.63, 3.8) is 0 Å². The molecule has 0 saturated carbocycles. The van der Waals surface area contributed by atoms with Gasteiger partial charge in [0.15, 0.2) is 10.8 Å². The van der Waals surface area contributed by atoms with Crippen molar-refractivity contribution in [1.82, 2.24) is 14.5 Å². The summed E-state index contributed by atoms with van der Waals surface area (Å²) >= 11 is 1.15. The maximum atomic E-state index is 10.6. The Bertz CT molecular complexity index is 551. The van der Waals surface area contributed by atoms with Crippen molar-refractivity contribution in [2.75, 3.05) is 0 Å². The molecule has 6 nitrogen and oxygen atoms in total. The monoisotopic (exact) mass is 220 g/mol. The normalized spacial score (nSPS) is 9.80. The zero-order chi connectivity index (χ0) is 10.8. The van der Waals surface area contributed by atoms with Crippen LogP contribution in [-0.2, 0) is 0 Å². The van der Waals surface area contributed by atoms with E-state index in [1.165, 1.54) is 16.1 Å². The maximum absolute atomic E-state index is 10.6. The molecule has 0 bridgehead atoms. The van der Waals surface area contributed by atoms with Crippen LogP contribution in [-0.4, -0.2) is 25.6 Å². The molecule has 2 aromatic heterocycles. The number of carboxylic acid groups (broad SMARTS) is 1. The van der Waals surface area contributed by atoms with Crippen molar-refractivity contribution in [3.8, 4) is 11.2 Å². The topological polar surface area (TPSA) is 91.8 Å². The van der Waals surface area contributed by atoms with Gasteiger partial charge >= 0.3 is 5.97 Å². The number of carboxylic acids is 1. The first kappa shape index (κ1) is 9.36. The Morgan fingerprint density at radius 2 is 2.47 bits per heavy atom. The van der Waals surface area contributed by atoms with Crippen LogP contribution in [0, 0.1) is 11.3 Å². The number of nitriles is 1. The highest BCUT2D eigenvalue weighted by Crippen LogP contribution is 2.16. The average molecular weight is 220 g/mol. The van der Waals surface area contributed by atoms with Crippen LogP contribution in [0.4, 0.5) is 0 Å². The average Bonchev–Trinajstić information content (AvgIpc) is 2.85. The van der Waals surface area contributed by atoms with Crippen molar-refractivity contribution in [1.29, 1.82) is 5.26 Å². The highest BCUT2D eigenvalue weighted by Gasteiger charge is 2.12. The van der Waals surface area contributed by atoms with Crippen molar-refractivity contribution < 1.29 is 9.90 Å². The Morgan fingerprint density at radius 3 is 3.07 bits per heavy atom. The molecule has 0 aliphatic rings. The van der Waals surface area contributed by atoms with Gasteiger partial charge in [-0.15, -0.1) is 11.3 Å². The lowest BCUT2D eigenvalue weighted by atomic mass is 10.5. The van der Waals surface area contributed by atoms with Gasteiger partial charge in [0.1, 0.15) is 6.07 Å². The molecule has 0 saturated heterocycles. The standard InChI is InChI=1S/C8H4N4O2S/c9-3-6-10-1-2-12(6)8-11-5(4-15-8)7(13)14/h1-2,4H,(H,13,14). The predicted molar refractivity (Wildman–Crippen MR) is 50.9 cm³/mol. The van der Waals surface area contributed by atoms with Crippen LogP contribution in [0.15, 0.2) is 17.8 Å². The van der Waals surface area contributed by atoms with E-state index in [2.05, 4.69) is 9.97 Å². The van der Waals surface area contributed by atoms with Crippen molar-refractivity contribution in [2.24, 2.45) is 0 Å². The summed E-state index contributed by atoms with van der Waals surface area (Å²) in [6.07, 6.45) is 3.02. The van der Waals surface area contributed by atoms with Gasteiger partial charge in [-0.2, -0.15) is 5.26 Å². The van der Waals surface area contributed by atoms with E-state index in [9.17, 15) is 4.79 Å². The molecule has 1 N–H and O–H groups in total. The van der Waals surface area contributed by atoms with Crippen LogP contribution in [0.5, 0.6) is 0 Å². The summed E-state index contributed by atoms with van der Waals surface area (Å²) in [4.78, 5) is 18.2. The van der Waals surface area contributed by atoms with Gasteiger partial charge in [-0.25, -0.2) is 14.8 Å². The molecule has 15 heavy (non-hydrogen) atoms. The minimum atomic E-state index is -1.09. The number of hydrogen-bond donors (Lipinski definition) is 1. The lowest BCUT2D eigenvalue weighted by Crippen LogP contribution is -1.99. The van der Waals surface area contributed by atoms with Crippen molar-refractivity contribution >= 4 is 17.3 Å². The molecule has 0 unspecified atom stereocenters. The number of carbonyl (C=O) groups is 1. The minimum absolute atomic E-state index is 0.0346. The maximum Gasteiger partial charge on any atom is 0.355 e. The van der Waals surface area contributed by atoms with Crippen LogP contribution in [0.2, 0.25) is 0 Å². The van der Waals surface area contributed by atoms with Crippen LogP contribution in [0.25, 0.3) is 5.13 Å². The fourth-order valence-corrected chi connectivity index (χ4v) is 1.80. The lowest BCUT2D eigenvalue weighted by molar-refractivity contribution is 0.0691. The number of aromatic nitrogens is 3. The molecule has 0 aliphatic carbocycles. The SMILES string of the molecule is N#Cc1nccn1-c1nc(C(=O)O)cs1. The second-order valence-electron chi connectivity index (χ2n) is 2.55. The molecule has 2 aromatic rings. The Morgan fingerprint density at radius 1 is 1.67 bits per heavy atom. The summed E-state index contributed by atoms with van der Waals surface area (Å²) in [6.45, 7) is 0. The fraction of sp³-hybridized carbons (Fsp3) is 0. The zero-order valence-electron chi connectivity index (χ0n) is 7.28. The Hall–Kier alpha value is -2.20. The third kappa shape index (κ3) is 1.58. The van der Waals surface area contributed by atoms with E-state index in [-0.39, 0.29) is 11.5 Å². The lowest BCUT2D eigenvalue weighted by Gasteiger charge is -1.95. The van der Waals surface area contributed by atoms with Crippen molar-refractivity contribution in [2.45, 2.75) is 0 Å². The summed E-state index contributed by atoms with van der Waals surface area (Å²) in [6, 6.07) is 1.88. The van der Waals surface area contributed by atoms with E-state index in [1.54, 1.807) is 6.20 Å². The summed E-state index contributed by atoms with van der Waals surface area (Å²) in [7, 11) is 0. The molecule has 2 heterocycles. The predicted octanol–water partition coefficient (Wildman–Crippen LogP) is 0.899. The molecule has 0 aromatic carbocycles. The summed E-state index contributed by atoms with van der Waals surface area (Å²) in [5.74, 6) is -0.905. The molecule has 0 spiro atoms. The summed E-state index contributed by atoms with van der Waals surface area (Å²) < 4.78 is 1.44. The van der Waals surface area contributed by atoms with Gasteiger partial charge in [0, 0.05) is 17.8 Å². The number of aromatic carboxylic acids is 1. The van der Waals surface area contributed by atoms with E-state index in [1.807, 2.05) is 6.07 Å². The van der Waals surface area contributed by atoms with E-state index in [0.717, 1.165) is 11.3 Å². The van der Waals surface area contributed by atoms with Gasteiger partial charge in [0.05, 0.1) is 0 Å². The van der Waals surface area contributed by atoms with E-state index >= 15 is 0 Å². The molecular weight excluding hydrogens is 216 g/mol. The molecule has 0 amide bonds. The van der Waals surface area contributed by atoms with E-state index < -0.39 is 5.97 Å². The highest BCUT2D eigenvalue weighted by molar-refractivity contribution is 7.12. The first-order valence-corrected chi connectivity index (χ1v) is 4.73. The van der Waals surface area contributed by atoms with Gasteiger partial charge in [-0.3, -0.25) is 4.57 Å². The fourth-order valence-electron chi connectivity index (χ4n) is 1.01. The Kier molecular flexibility index (Phi) is 2.19. The van der Waals surface area contributed by atoms with Crippen molar-refractivity contribution in [3.05, 3.63) is 29.3 Å². The number of rotatable bonds is 2. The quantitative estimate of drug-likeness (QED) is 0.811. The Labute approximate surface area is 88.1 Å². The first-order chi connectivity index (χ1) is 7.22. The molecule has 7 heteroatoms. The molecule has 0 atom stereocenters. The van der Waals surface area contributed by atoms with Crippen LogP contribution >= 0.6 is 11.3 Å². The summed E-state index contributed by atoms with van der Waals surface area (Å²) in [5, 5.41) is 19.2. The molecule has 0 aliphatic heterocycles. The van der Waals surface area contributed by atoms with Gasteiger partial charge in [0.25, 0.3) is 0 Å². The summed E-state index contributed by atoms with van der Waals surface area (Å²) in [5.41, 5.74) is -0.0346. The second kappa shape index (κ2) is 3.51. The van der Waals surface area contributed by atoms with Crippen LogP contribution in [0.3, 0.4) is 0 Å². The highest BCUT2D eigenvalue weighted by atomic mass is 32.1. The van der Waals surface area contributed by atoms with E-state index in [0.29, 0.717) is 5.13 Å². The molecule has 0 fully saturated rings. The first-order valence-electron chi connectivity index (χ1n) is 3.85. The second-order valence-corrected chi connectivity index (χ2v) is 3.39. The molecular formula is C8H4N4O2S. The largest absolute Gasteiger partial charge is 0.476 e. The number of thiazole rings is 1. The van der Waals surface area contributed by atoms with Crippen LogP contribution in [0.1, 0.15) is 16.3 Å². The van der Waals surface area contributed by atoms with Gasteiger partial charge in [0.2, 0.25) is 5.82 Å². The minimum Gasteiger partial charge on any atom is -0.476 e. The number of nitrogens with zero attached hydrogens (tertiary/aromatic N) is 4. The molecule has 2 rings (SSSR count). The van der Waals surface area contributed by atoms with Gasteiger partial charge in [-0.05, 0) is 0 Å². The smallest absolute Gasteiger partial charge is 0.355 e. The van der Waals surface area contributed by atoms with E-state index in [4.69, 9.17) is 10.4 Å². The molecule has 74 valence electrons. The molecule has 0 radical (unpaired) electrons. The third-order valence-corrected chi connectivity index (χ3v) is 2.50. The van der Waals surface area contributed by atoms with Gasteiger partial charge in [-0.1, -0.05) is 0 Å². The zero-order valence-corrected chi connectivity index (χ0v) is 8.10. The van der Waals surface area contributed by atoms with Gasteiger partial charge < -0.3 is 5.11 Å². The third-order valence-electron chi connectivity index (χ3n) is 1.66. The Balaban J connectivity index is 2.47. The van der Waals surface area contributed by atoms with Crippen LogP contribution < -0.4 is 0 Å². The number of imidazole rings is 1. The number of hydrogen-bond acceptors (Lipinski definition) is 5.